The summed E-state index contributed by atoms with van der Waals surface area (Å²) in [6.45, 7) is 6.51. The van der Waals surface area contributed by atoms with Crippen LogP contribution in [-0.4, -0.2) is 28.3 Å². The monoisotopic (exact) mass is 486 g/mol. The average Bonchev–Trinajstić information content (AvgIpc) is 3.13. The lowest BCUT2D eigenvalue weighted by Crippen LogP contribution is -2.29. The molecule has 1 atom stereocenters. The molecule has 0 bridgehead atoms. The summed E-state index contributed by atoms with van der Waals surface area (Å²) >= 11 is 0. The van der Waals surface area contributed by atoms with E-state index < -0.39 is 28.4 Å². The van der Waals surface area contributed by atoms with Gasteiger partial charge in [0.05, 0.1) is 23.1 Å². The van der Waals surface area contributed by atoms with E-state index in [9.17, 15) is 24.8 Å². The predicted molar refractivity (Wildman–Crippen MR) is 136 cm³/mol. The van der Waals surface area contributed by atoms with E-state index in [0.717, 1.165) is 5.56 Å². The molecule has 0 aromatic heterocycles. The van der Waals surface area contributed by atoms with Gasteiger partial charge in [-0.15, -0.1) is 0 Å². The third-order valence-corrected chi connectivity index (χ3v) is 5.85. The summed E-state index contributed by atoms with van der Waals surface area (Å²) in [7, 11) is 0. The summed E-state index contributed by atoms with van der Waals surface area (Å²) in [5.41, 5.74) is 1.98. The molecular formula is C28H26N2O6. The second-order valence-electron chi connectivity index (χ2n) is 9.09. The highest BCUT2D eigenvalue weighted by Gasteiger charge is 2.47. The molecule has 1 N–H and O–H groups in total. The maximum atomic E-state index is 13.3. The normalized spacial score (nSPS) is 17.0. The van der Waals surface area contributed by atoms with E-state index in [0.29, 0.717) is 29.5 Å². The topological polar surface area (TPSA) is 110 Å². The largest absolute Gasteiger partial charge is 0.507 e. The summed E-state index contributed by atoms with van der Waals surface area (Å²) in [6, 6.07) is 18.5. The van der Waals surface area contributed by atoms with E-state index >= 15 is 0 Å². The first-order valence-corrected chi connectivity index (χ1v) is 11.5. The summed E-state index contributed by atoms with van der Waals surface area (Å²) in [6.07, 6.45) is 0. The lowest BCUT2D eigenvalue weighted by Gasteiger charge is -2.26. The van der Waals surface area contributed by atoms with Crippen LogP contribution in [-0.2, 0) is 9.59 Å². The fourth-order valence-corrected chi connectivity index (χ4v) is 4.10. The molecule has 4 rings (SSSR count). The van der Waals surface area contributed by atoms with Crippen LogP contribution >= 0.6 is 0 Å². The molecular weight excluding hydrogens is 460 g/mol. The predicted octanol–water partition coefficient (Wildman–Crippen LogP) is 5.56. The van der Waals surface area contributed by atoms with Gasteiger partial charge in [0.1, 0.15) is 11.5 Å². The Kier molecular flexibility index (Phi) is 6.87. The van der Waals surface area contributed by atoms with Crippen LogP contribution in [0.4, 0.5) is 11.4 Å². The molecule has 1 unspecified atom stereocenters. The first-order chi connectivity index (χ1) is 17.2. The number of ether oxygens (including phenoxy) is 1. The van der Waals surface area contributed by atoms with Crippen molar-refractivity contribution in [3.63, 3.8) is 0 Å². The van der Waals surface area contributed by atoms with Gasteiger partial charge in [-0.25, -0.2) is 0 Å². The molecule has 1 aliphatic heterocycles. The second kappa shape index (κ2) is 10.0. The van der Waals surface area contributed by atoms with Crippen LogP contribution in [0.5, 0.6) is 5.75 Å². The van der Waals surface area contributed by atoms with E-state index in [4.69, 9.17) is 4.74 Å². The Hall–Kier alpha value is -4.46. The number of nitro groups is 1. The van der Waals surface area contributed by atoms with Crippen LogP contribution in [0.2, 0.25) is 0 Å². The summed E-state index contributed by atoms with van der Waals surface area (Å²) in [5.74, 6) is -1.01. The standard InChI is InChI=1S/C28H26N2O6/c1-17(2)16-36-23-13-9-19(10-14-23)25-24(26(31)20-7-11-21(12-8-20)30(34)35)27(32)28(33)29(25)22-6-4-5-18(3)15-22/h4-15,17,25,31H,16H2,1-3H3/b26-24-. The van der Waals surface area contributed by atoms with E-state index in [1.807, 2.05) is 26.8 Å². The van der Waals surface area contributed by atoms with E-state index in [2.05, 4.69) is 0 Å². The number of rotatable bonds is 7. The molecule has 36 heavy (non-hydrogen) atoms. The van der Waals surface area contributed by atoms with Crippen LogP contribution in [0, 0.1) is 23.0 Å². The van der Waals surface area contributed by atoms with Crippen molar-refractivity contribution in [2.24, 2.45) is 5.92 Å². The van der Waals surface area contributed by atoms with Gasteiger partial charge < -0.3 is 9.84 Å². The van der Waals surface area contributed by atoms with Gasteiger partial charge in [0, 0.05) is 23.4 Å². The van der Waals surface area contributed by atoms with Crippen LogP contribution in [0.25, 0.3) is 5.76 Å². The zero-order valence-electron chi connectivity index (χ0n) is 20.2. The number of non-ortho nitro benzene ring substituents is 1. The van der Waals surface area contributed by atoms with Crippen molar-refractivity contribution in [1.29, 1.82) is 0 Å². The minimum Gasteiger partial charge on any atom is -0.507 e. The van der Waals surface area contributed by atoms with Gasteiger partial charge in [0.15, 0.2) is 0 Å². The number of amides is 1. The van der Waals surface area contributed by atoms with Crippen molar-refractivity contribution in [3.8, 4) is 5.75 Å². The van der Waals surface area contributed by atoms with Crippen molar-refractivity contribution in [1.82, 2.24) is 0 Å². The number of aliphatic hydroxyl groups is 1. The van der Waals surface area contributed by atoms with Crippen LogP contribution < -0.4 is 9.64 Å². The number of ketones is 1. The number of aliphatic hydroxyl groups excluding tert-OH is 1. The van der Waals surface area contributed by atoms with E-state index in [-0.39, 0.29) is 16.8 Å². The highest BCUT2D eigenvalue weighted by atomic mass is 16.6. The summed E-state index contributed by atoms with van der Waals surface area (Å²) in [5, 5.41) is 22.2. The van der Waals surface area contributed by atoms with Gasteiger partial charge >= 0.3 is 0 Å². The molecule has 0 radical (unpaired) electrons. The Morgan fingerprint density at radius 3 is 2.31 bits per heavy atom. The highest BCUT2D eigenvalue weighted by molar-refractivity contribution is 6.51. The molecule has 1 fully saturated rings. The number of hydrogen-bond acceptors (Lipinski definition) is 6. The number of hydrogen-bond donors (Lipinski definition) is 1. The van der Waals surface area contributed by atoms with Crippen molar-refractivity contribution in [3.05, 3.63) is 105 Å². The molecule has 1 amide bonds. The number of carbonyl (C=O) groups excluding carboxylic acids is 2. The maximum Gasteiger partial charge on any atom is 0.300 e. The molecule has 3 aromatic rings. The molecule has 1 heterocycles. The minimum absolute atomic E-state index is 0.0915. The molecule has 184 valence electrons. The van der Waals surface area contributed by atoms with Gasteiger partial charge in [0.2, 0.25) is 0 Å². The number of Topliss-reactive ketones (excluding diaryl/α,β-unsaturated/α-hetero) is 1. The first-order valence-electron chi connectivity index (χ1n) is 11.5. The number of carbonyl (C=O) groups is 2. The lowest BCUT2D eigenvalue weighted by molar-refractivity contribution is -0.384. The number of nitro benzene ring substituents is 1. The maximum absolute atomic E-state index is 13.3. The van der Waals surface area contributed by atoms with E-state index in [1.165, 1.54) is 29.2 Å². The average molecular weight is 487 g/mol. The molecule has 1 saturated heterocycles. The fourth-order valence-electron chi connectivity index (χ4n) is 4.10. The number of nitrogens with zero attached hydrogens (tertiary/aromatic N) is 2. The number of benzene rings is 3. The van der Waals surface area contributed by atoms with Crippen LogP contribution in [0.15, 0.2) is 78.4 Å². The number of anilines is 1. The zero-order chi connectivity index (χ0) is 26.0. The van der Waals surface area contributed by atoms with Gasteiger partial charge in [-0.05, 0) is 60.4 Å². The van der Waals surface area contributed by atoms with Crippen molar-refractivity contribution < 1.29 is 24.4 Å². The molecule has 8 nitrogen and oxygen atoms in total. The second-order valence-corrected chi connectivity index (χ2v) is 9.09. The van der Waals surface area contributed by atoms with Crippen LogP contribution in [0.3, 0.4) is 0 Å². The Balaban J connectivity index is 1.84. The first kappa shape index (κ1) is 24.7. The quantitative estimate of drug-likeness (QED) is 0.154. The zero-order valence-corrected chi connectivity index (χ0v) is 20.2. The SMILES string of the molecule is Cc1cccc(N2C(=O)C(=O)/C(=C(\O)c3ccc([N+](=O)[O-])cc3)C2c2ccc(OCC(C)C)cc2)c1. The fraction of sp³-hybridized carbons (Fsp3) is 0.214. The minimum atomic E-state index is -0.902. The third-order valence-electron chi connectivity index (χ3n) is 5.85. The molecule has 0 spiro atoms. The Morgan fingerprint density at radius 1 is 1.06 bits per heavy atom. The smallest absolute Gasteiger partial charge is 0.300 e. The Bertz CT molecular complexity index is 1340. The summed E-state index contributed by atoms with van der Waals surface area (Å²) in [4.78, 5) is 38.3. The van der Waals surface area contributed by atoms with Crippen molar-refractivity contribution >= 4 is 28.8 Å². The van der Waals surface area contributed by atoms with Gasteiger partial charge in [0.25, 0.3) is 17.4 Å². The highest BCUT2D eigenvalue weighted by Crippen LogP contribution is 2.42. The molecule has 3 aromatic carbocycles. The third kappa shape index (κ3) is 4.84. The molecule has 8 heteroatoms. The van der Waals surface area contributed by atoms with E-state index in [1.54, 1.807) is 42.5 Å². The number of aryl methyl sites for hydroxylation is 1. The Morgan fingerprint density at radius 2 is 1.72 bits per heavy atom. The molecule has 0 saturated carbocycles. The van der Waals surface area contributed by atoms with Crippen molar-refractivity contribution in [2.45, 2.75) is 26.8 Å². The van der Waals surface area contributed by atoms with Crippen LogP contribution in [0.1, 0.15) is 36.6 Å². The summed E-state index contributed by atoms with van der Waals surface area (Å²) < 4.78 is 5.76. The van der Waals surface area contributed by atoms with Gasteiger partial charge in [-0.1, -0.05) is 38.1 Å². The Labute approximate surface area is 208 Å². The molecule has 0 aliphatic carbocycles. The van der Waals surface area contributed by atoms with Gasteiger partial charge in [-0.3, -0.25) is 24.6 Å². The van der Waals surface area contributed by atoms with Crippen molar-refractivity contribution in [2.75, 3.05) is 11.5 Å². The van der Waals surface area contributed by atoms with Gasteiger partial charge in [-0.2, -0.15) is 0 Å². The lowest BCUT2D eigenvalue weighted by atomic mass is 9.95. The molecule has 1 aliphatic rings.